The molecule has 2 heterocycles. The number of hydrogen-bond acceptors (Lipinski definition) is 8. The van der Waals surface area contributed by atoms with E-state index in [1.807, 2.05) is 19.1 Å². The molecule has 10 nitrogen and oxygen atoms in total. The molecule has 44 heavy (non-hydrogen) atoms. The zero-order valence-electron chi connectivity index (χ0n) is 25.4. The number of anilines is 4. The number of aryl methyl sites for hydroxylation is 1. The van der Waals surface area contributed by atoms with Crippen molar-refractivity contribution in [1.82, 2.24) is 20.2 Å². The summed E-state index contributed by atoms with van der Waals surface area (Å²) in [4.78, 5) is 23.3. The number of aromatic nitrogens is 2. The van der Waals surface area contributed by atoms with E-state index in [1.54, 1.807) is 35.6 Å². The van der Waals surface area contributed by atoms with Crippen LogP contribution in [0.2, 0.25) is 0 Å². The van der Waals surface area contributed by atoms with Gasteiger partial charge in [0.2, 0.25) is 5.95 Å². The SMILES string of the molecule is CCN1CCC(NC(=O)c2ccc(Nc3ncc(C(F)(F)F)c(NCc4ccc(C)cc4N(C)S(C)=O)n3)c(OC)c2)CC1. The lowest BCUT2D eigenvalue weighted by Gasteiger charge is -2.31. The van der Waals surface area contributed by atoms with Gasteiger partial charge in [0.1, 0.15) is 28.1 Å². The Kier molecular flexibility index (Phi) is 10.7. The van der Waals surface area contributed by atoms with Crippen molar-refractivity contribution in [3.63, 3.8) is 0 Å². The molecule has 0 aliphatic carbocycles. The number of amides is 1. The normalized spacial score (nSPS) is 15.0. The molecule has 14 heteroatoms. The minimum absolute atomic E-state index is 0.0126. The second-order valence-electron chi connectivity index (χ2n) is 10.6. The zero-order valence-corrected chi connectivity index (χ0v) is 26.2. The number of alkyl halides is 3. The molecular formula is C30H38F3N7O3S. The molecule has 3 aromatic rings. The zero-order chi connectivity index (χ0) is 32.0. The third kappa shape index (κ3) is 8.17. The first kappa shape index (κ1) is 33.0. The van der Waals surface area contributed by atoms with Crippen LogP contribution in [0.4, 0.5) is 36.3 Å². The third-order valence-corrected chi connectivity index (χ3v) is 8.55. The Hall–Kier alpha value is -3.91. The summed E-state index contributed by atoms with van der Waals surface area (Å²) >= 11 is 0. The Morgan fingerprint density at radius 1 is 1.18 bits per heavy atom. The van der Waals surface area contributed by atoms with Gasteiger partial charge in [0.05, 0.1) is 18.5 Å². The number of carbonyl (C=O) groups excluding carboxylic acids is 1. The first-order chi connectivity index (χ1) is 20.9. The van der Waals surface area contributed by atoms with E-state index in [0.717, 1.165) is 38.0 Å². The number of methoxy groups -OCH3 is 1. The lowest BCUT2D eigenvalue weighted by molar-refractivity contribution is -0.137. The highest BCUT2D eigenvalue weighted by Gasteiger charge is 2.35. The van der Waals surface area contributed by atoms with E-state index in [2.05, 4.69) is 37.7 Å². The Bertz CT molecular complexity index is 1500. The Morgan fingerprint density at radius 3 is 2.55 bits per heavy atom. The summed E-state index contributed by atoms with van der Waals surface area (Å²) in [5.74, 6) is -0.452. The summed E-state index contributed by atoms with van der Waals surface area (Å²) in [6.07, 6.45) is -0.735. The van der Waals surface area contributed by atoms with Crippen molar-refractivity contribution < 1.29 is 26.9 Å². The maximum atomic E-state index is 13.9. The fraction of sp³-hybridized carbons (Fsp3) is 0.433. The van der Waals surface area contributed by atoms with Crippen LogP contribution in [-0.4, -0.2) is 71.1 Å². The van der Waals surface area contributed by atoms with Crippen molar-refractivity contribution >= 4 is 40.0 Å². The van der Waals surface area contributed by atoms with Crippen LogP contribution in [-0.2, 0) is 23.7 Å². The molecule has 1 atom stereocenters. The number of nitrogens with zero attached hydrogens (tertiary/aromatic N) is 4. The number of halogens is 3. The molecule has 0 bridgehead atoms. The van der Waals surface area contributed by atoms with E-state index in [-0.39, 0.29) is 24.4 Å². The number of ether oxygens (including phenoxy) is 1. The topological polar surface area (TPSA) is 112 Å². The summed E-state index contributed by atoms with van der Waals surface area (Å²) in [6, 6.07) is 10.3. The Morgan fingerprint density at radius 2 is 1.91 bits per heavy atom. The van der Waals surface area contributed by atoms with Crippen LogP contribution in [0, 0.1) is 6.92 Å². The first-order valence-electron chi connectivity index (χ1n) is 14.2. The number of benzene rings is 2. The number of carbonyl (C=O) groups is 1. The molecule has 1 saturated heterocycles. The highest BCUT2D eigenvalue weighted by molar-refractivity contribution is 7.85. The molecule has 238 valence electrons. The summed E-state index contributed by atoms with van der Waals surface area (Å²) in [7, 11) is 1.75. The number of likely N-dealkylation sites (tertiary alicyclic amines) is 1. The van der Waals surface area contributed by atoms with Gasteiger partial charge in [0.15, 0.2) is 0 Å². The van der Waals surface area contributed by atoms with Gasteiger partial charge in [-0.1, -0.05) is 19.1 Å². The van der Waals surface area contributed by atoms with Crippen LogP contribution in [0.3, 0.4) is 0 Å². The summed E-state index contributed by atoms with van der Waals surface area (Å²) in [6.45, 7) is 6.83. The first-order valence-corrected chi connectivity index (χ1v) is 15.7. The van der Waals surface area contributed by atoms with E-state index >= 15 is 0 Å². The van der Waals surface area contributed by atoms with Gasteiger partial charge in [-0.15, -0.1) is 0 Å². The van der Waals surface area contributed by atoms with Crippen LogP contribution >= 0.6 is 0 Å². The molecular weight excluding hydrogens is 595 g/mol. The van der Waals surface area contributed by atoms with E-state index in [0.29, 0.717) is 34.4 Å². The fourth-order valence-corrected chi connectivity index (χ4v) is 5.38. The van der Waals surface area contributed by atoms with Gasteiger partial charge in [-0.25, -0.2) is 9.19 Å². The molecule has 0 saturated carbocycles. The molecule has 0 radical (unpaired) electrons. The second-order valence-corrected chi connectivity index (χ2v) is 12.0. The minimum Gasteiger partial charge on any atom is -0.495 e. The molecule has 4 rings (SSSR count). The second kappa shape index (κ2) is 14.2. The van der Waals surface area contributed by atoms with Crippen LogP contribution in [0.15, 0.2) is 42.6 Å². The van der Waals surface area contributed by atoms with Gasteiger partial charge >= 0.3 is 6.18 Å². The Labute approximate surface area is 258 Å². The summed E-state index contributed by atoms with van der Waals surface area (Å²) < 4.78 is 60.8. The third-order valence-electron chi connectivity index (χ3n) is 7.59. The van der Waals surface area contributed by atoms with E-state index in [1.165, 1.54) is 13.4 Å². The van der Waals surface area contributed by atoms with Crippen molar-refractivity contribution in [2.45, 2.75) is 45.5 Å². The predicted molar refractivity (Wildman–Crippen MR) is 167 cm³/mol. The van der Waals surface area contributed by atoms with Crippen LogP contribution in [0.1, 0.15) is 46.8 Å². The number of rotatable bonds is 11. The standard InChI is InChI=1S/C30H38F3N7O3S/c1-6-40-13-11-22(12-14-40)36-28(41)20-9-10-24(26(16-20)43-4)37-29-35-18-23(30(31,32)33)27(38-29)34-17-21-8-7-19(2)15-25(21)39(3)44(5)42/h7-10,15-16,18,22H,6,11-14,17H2,1-5H3,(H,36,41)(H2,34,35,37,38). The molecule has 1 aliphatic heterocycles. The molecule has 2 aromatic carbocycles. The van der Waals surface area contributed by atoms with Gasteiger partial charge in [0, 0.05) is 50.7 Å². The number of piperidine rings is 1. The molecule has 1 amide bonds. The quantitative estimate of drug-likeness (QED) is 0.267. The van der Waals surface area contributed by atoms with Crippen LogP contribution in [0.5, 0.6) is 5.75 Å². The lowest BCUT2D eigenvalue weighted by Crippen LogP contribution is -2.44. The lowest BCUT2D eigenvalue weighted by atomic mass is 10.0. The van der Waals surface area contributed by atoms with Gasteiger partial charge in [-0.05, 0) is 61.7 Å². The van der Waals surface area contributed by atoms with E-state index < -0.39 is 28.5 Å². The number of hydrogen-bond donors (Lipinski definition) is 3. The largest absolute Gasteiger partial charge is 0.495 e. The average molecular weight is 634 g/mol. The van der Waals surface area contributed by atoms with Crippen molar-refractivity contribution in [1.29, 1.82) is 0 Å². The highest BCUT2D eigenvalue weighted by atomic mass is 32.2. The van der Waals surface area contributed by atoms with Crippen molar-refractivity contribution in [3.8, 4) is 5.75 Å². The monoisotopic (exact) mass is 633 g/mol. The molecule has 3 N–H and O–H groups in total. The maximum Gasteiger partial charge on any atom is 0.421 e. The van der Waals surface area contributed by atoms with Crippen LogP contribution in [0.25, 0.3) is 0 Å². The van der Waals surface area contributed by atoms with Gasteiger partial charge < -0.3 is 25.6 Å². The molecule has 1 aromatic heterocycles. The molecule has 1 fully saturated rings. The van der Waals surface area contributed by atoms with Gasteiger partial charge in [-0.2, -0.15) is 18.2 Å². The van der Waals surface area contributed by atoms with Crippen molar-refractivity contribution in [2.24, 2.45) is 0 Å². The van der Waals surface area contributed by atoms with Crippen molar-refractivity contribution in [3.05, 3.63) is 64.8 Å². The smallest absolute Gasteiger partial charge is 0.421 e. The van der Waals surface area contributed by atoms with Gasteiger partial charge in [0.25, 0.3) is 5.91 Å². The van der Waals surface area contributed by atoms with Gasteiger partial charge in [-0.3, -0.25) is 9.10 Å². The molecule has 0 spiro atoms. The summed E-state index contributed by atoms with van der Waals surface area (Å²) in [5, 5.41) is 8.78. The summed E-state index contributed by atoms with van der Waals surface area (Å²) in [5.41, 5.74) is 1.92. The van der Waals surface area contributed by atoms with Crippen molar-refractivity contribution in [2.75, 3.05) is 55.0 Å². The molecule has 1 aliphatic rings. The fourth-order valence-electron chi connectivity index (χ4n) is 4.94. The van der Waals surface area contributed by atoms with E-state index in [4.69, 9.17) is 4.74 Å². The molecule has 1 unspecified atom stereocenters. The predicted octanol–water partition coefficient (Wildman–Crippen LogP) is 5.11. The highest BCUT2D eigenvalue weighted by Crippen LogP contribution is 2.35. The average Bonchev–Trinajstić information content (AvgIpc) is 3.00. The number of nitrogens with one attached hydrogen (secondary N) is 3. The van der Waals surface area contributed by atoms with Crippen LogP contribution < -0.4 is 25.0 Å². The Balaban J connectivity index is 1.53. The minimum atomic E-state index is -4.71. The van der Waals surface area contributed by atoms with E-state index in [9.17, 15) is 22.2 Å². The maximum absolute atomic E-state index is 13.9.